The van der Waals surface area contributed by atoms with E-state index in [1.54, 1.807) is 0 Å². The molecule has 5 nitrogen and oxygen atoms in total. The summed E-state index contributed by atoms with van der Waals surface area (Å²) in [7, 11) is 0. The van der Waals surface area contributed by atoms with E-state index >= 15 is 0 Å². The normalized spacial score (nSPS) is 11.2. The Hall–Kier alpha value is -2.03. The van der Waals surface area contributed by atoms with E-state index in [-0.39, 0.29) is 18.8 Å². The molecule has 0 radical (unpaired) electrons. The fraction of sp³-hybridized carbons (Fsp3) is 0.500. The number of carbonyl (C=O) groups excluding carboxylic acids is 1. The Bertz CT molecular complexity index is 517. The Morgan fingerprint density at radius 2 is 2.04 bits per heavy atom. The summed E-state index contributed by atoms with van der Waals surface area (Å²) < 4.78 is 54.4. The minimum absolute atomic E-state index is 0.0691. The van der Waals surface area contributed by atoms with Crippen LogP contribution in [-0.4, -0.2) is 48.5 Å². The number of aliphatic hydroxyl groups excluding tert-OH is 1. The lowest BCUT2D eigenvalue weighted by molar-refractivity contribution is -0.153. The second kappa shape index (κ2) is 8.56. The summed E-state index contributed by atoms with van der Waals surface area (Å²) in [5, 5.41) is 11.3. The second-order valence-corrected chi connectivity index (χ2v) is 4.69. The maximum atomic E-state index is 13.2. The molecular formula is C14H18F4N2O3. The summed E-state index contributed by atoms with van der Waals surface area (Å²) in [6.07, 6.45) is -3.95. The molecule has 0 bridgehead atoms. The zero-order valence-electron chi connectivity index (χ0n) is 12.5. The predicted molar refractivity (Wildman–Crippen MR) is 75.9 cm³/mol. The predicted octanol–water partition coefficient (Wildman–Crippen LogP) is 3.00. The number of amides is 2. The van der Waals surface area contributed by atoms with E-state index in [0.29, 0.717) is 13.0 Å². The van der Waals surface area contributed by atoms with Crippen molar-refractivity contribution in [1.29, 1.82) is 0 Å². The average Bonchev–Trinajstić information content (AvgIpc) is 2.46. The van der Waals surface area contributed by atoms with Gasteiger partial charge in [0.05, 0.1) is 12.3 Å². The van der Waals surface area contributed by atoms with Crippen molar-refractivity contribution in [2.45, 2.75) is 19.5 Å². The van der Waals surface area contributed by atoms with Crippen molar-refractivity contribution in [2.75, 3.05) is 31.6 Å². The molecule has 0 aromatic heterocycles. The van der Waals surface area contributed by atoms with E-state index in [0.717, 1.165) is 18.2 Å². The van der Waals surface area contributed by atoms with E-state index in [2.05, 4.69) is 10.1 Å². The van der Waals surface area contributed by atoms with Crippen LogP contribution in [0.4, 0.5) is 28.0 Å². The summed E-state index contributed by atoms with van der Waals surface area (Å²) in [6, 6.07) is 2.25. The first-order valence-electron chi connectivity index (χ1n) is 6.92. The van der Waals surface area contributed by atoms with Gasteiger partial charge in [0.1, 0.15) is 11.6 Å². The van der Waals surface area contributed by atoms with E-state index in [4.69, 9.17) is 5.11 Å². The number of halogens is 4. The van der Waals surface area contributed by atoms with Crippen LogP contribution in [0.2, 0.25) is 0 Å². The Kier molecular flexibility index (Phi) is 7.08. The molecule has 0 unspecified atom stereocenters. The number of benzene rings is 1. The molecule has 23 heavy (non-hydrogen) atoms. The van der Waals surface area contributed by atoms with Crippen molar-refractivity contribution in [3.05, 3.63) is 24.0 Å². The number of ether oxygens (including phenoxy) is 1. The van der Waals surface area contributed by atoms with Gasteiger partial charge < -0.3 is 20.1 Å². The van der Waals surface area contributed by atoms with E-state index < -0.39 is 30.4 Å². The fourth-order valence-corrected chi connectivity index (χ4v) is 1.78. The lowest BCUT2D eigenvalue weighted by Crippen LogP contribution is -2.37. The van der Waals surface area contributed by atoms with Crippen molar-refractivity contribution in [2.24, 2.45) is 0 Å². The molecule has 0 heterocycles. The maximum Gasteiger partial charge on any atom is 0.422 e. The molecule has 2 N–H and O–H groups in total. The third-order valence-corrected chi connectivity index (χ3v) is 2.73. The van der Waals surface area contributed by atoms with Gasteiger partial charge in [-0.15, -0.1) is 0 Å². The van der Waals surface area contributed by atoms with E-state index in [1.807, 2.05) is 6.92 Å². The third kappa shape index (κ3) is 6.72. The van der Waals surface area contributed by atoms with E-state index in [9.17, 15) is 22.4 Å². The number of urea groups is 1. The minimum Gasteiger partial charge on any atom is -0.482 e. The number of nitrogens with one attached hydrogen (secondary N) is 1. The molecule has 0 saturated heterocycles. The highest BCUT2D eigenvalue weighted by molar-refractivity contribution is 5.91. The van der Waals surface area contributed by atoms with Crippen molar-refractivity contribution in [1.82, 2.24) is 4.90 Å². The van der Waals surface area contributed by atoms with Crippen LogP contribution in [0.25, 0.3) is 0 Å². The molecule has 0 saturated carbocycles. The van der Waals surface area contributed by atoms with Crippen LogP contribution in [-0.2, 0) is 0 Å². The van der Waals surface area contributed by atoms with Crippen LogP contribution in [0.5, 0.6) is 5.75 Å². The molecule has 0 aliphatic carbocycles. The fourth-order valence-electron chi connectivity index (χ4n) is 1.78. The topological polar surface area (TPSA) is 61.8 Å². The molecule has 0 spiro atoms. The Labute approximate surface area is 130 Å². The van der Waals surface area contributed by atoms with Gasteiger partial charge in [-0.2, -0.15) is 13.2 Å². The second-order valence-electron chi connectivity index (χ2n) is 4.69. The quantitative estimate of drug-likeness (QED) is 0.752. The van der Waals surface area contributed by atoms with Gasteiger partial charge >= 0.3 is 12.2 Å². The van der Waals surface area contributed by atoms with Gasteiger partial charge in [-0.1, -0.05) is 6.92 Å². The number of rotatable bonds is 7. The van der Waals surface area contributed by atoms with Gasteiger partial charge in [0, 0.05) is 19.2 Å². The number of carbonyl (C=O) groups is 1. The lowest BCUT2D eigenvalue weighted by atomic mass is 10.3. The van der Waals surface area contributed by atoms with Crippen molar-refractivity contribution in [3.63, 3.8) is 0 Å². The van der Waals surface area contributed by atoms with E-state index in [1.165, 1.54) is 4.90 Å². The summed E-state index contributed by atoms with van der Waals surface area (Å²) in [5.74, 6) is -1.21. The minimum atomic E-state index is -4.58. The molecule has 1 rings (SSSR count). The molecule has 130 valence electrons. The highest BCUT2D eigenvalue weighted by Gasteiger charge is 2.29. The first kappa shape index (κ1) is 19.0. The van der Waals surface area contributed by atoms with Crippen LogP contribution < -0.4 is 10.1 Å². The summed E-state index contributed by atoms with van der Waals surface area (Å²) in [6.45, 7) is 0.391. The van der Waals surface area contributed by atoms with Crippen molar-refractivity contribution < 1.29 is 32.2 Å². The molecule has 9 heteroatoms. The summed E-state index contributed by atoms with van der Waals surface area (Å²) in [5.41, 5.74) is -0.0836. The van der Waals surface area contributed by atoms with Crippen molar-refractivity contribution >= 4 is 11.7 Å². The SMILES string of the molecule is CCCN(CCO)C(=O)Nc1ccc(F)cc1OCC(F)(F)F. The number of nitrogens with zero attached hydrogens (tertiary/aromatic N) is 1. The van der Waals surface area contributed by atoms with Gasteiger partial charge in [-0.3, -0.25) is 0 Å². The highest BCUT2D eigenvalue weighted by atomic mass is 19.4. The Morgan fingerprint density at radius 1 is 1.35 bits per heavy atom. The molecule has 0 aliphatic heterocycles. The zero-order valence-corrected chi connectivity index (χ0v) is 12.5. The number of hydrogen-bond donors (Lipinski definition) is 2. The summed E-state index contributed by atoms with van der Waals surface area (Å²) in [4.78, 5) is 13.4. The van der Waals surface area contributed by atoms with Crippen molar-refractivity contribution in [3.8, 4) is 5.75 Å². The van der Waals surface area contributed by atoms with Gasteiger partial charge in [-0.05, 0) is 18.6 Å². The smallest absolute Gasteiger partial charge is 0.422 e. The lowest BCUT2D eigenvalue weighted by Gasteiger charge is -2.22. The molecule has 0 atom stereocenters. The largest absolute Gasteiger partial charge is 0.482 e. The monoisotopic (exact) mass is 338 g/mol. The Balaban J connectivity index is 2.87. The summed E-state index contributed by atoms with van der Waals surface area (Å²) >= 11 is 0. The Morgan fingerprint density at radius 3 is 2.61 bits per heavy atom. The van der Waals surface area contributed by atoms with Gasteiger partial charge in [-0.25, -0.2) is 9.18 Å². The number of anilines is 1. The van der Waals surface area contributed by atoms with Crippen LogP contribution in [0.1, 0.15) is 13.3 Å². The molecule has 2 amide bonds. The number of aliphatic hydroxyl groups is 1. The third-order valence-electron chi connectivity index (χ3n) is 2.73. The van der Waals surface area contributed by atoms with Gasteiger partial charge in [0.2, 0.25) is 0 Å². The standard InChI is InChI=1S/C14H18F4N2O3/c1-2-5-20(6-7-21)13(22)19-11-4-3-10(15)8-12(11)23-9-14(16,17)18/h3-4,8,21H,2,5-7,9H2,1H3,(H,19,22). The maximum absolute atomic E-state index is 13.2. The first-order valence-corrected chi connectivity index (χ1v) is 6.92. The molecule has 0 fully saturated rings. The van der Waals surface area contributed by atoms with Gasteiger partial charge in [0.25, 0.3) is 0 Å². The van der Waals surface area contributed by atoms with Crippen LogP contribution in [0.3, 0.4) is 0 Å². The average molecular weight is 338 g/mol. The molecule has 1 aromatic carbocycles. The molecule has 1 aromatic rings. The van der Waals surface area contributed by atoms with Crippen LogP contribution in [0, 0.1) is 5.82 Å². The van der Waals surface area contributed by atoms with Gasteiger partial charge in [0.15, 0.2) is 6.61 Å². The number of alkyl halides is 3. The zero-order chi connectivity index (χ0) is 17.5. The number of hydrogen-bond acceptors (Lipinski definition) is 3. The highest BCUT2D eigenvalue weighted by Crippen LogP contribution is 2.28. The van der Waals surface area contributed by atoms with Crippen LogP contribution >= 0.6 is 0 Å². The molecule has 0 aliphatic rings. The molecular weight excluding hydrogens is 320 g/mol. The first-order chi connectivity index (χ1) is 10.8. The van der Waals surface area contributed by atoms with Crippen LogP contribution in [0.15, 0.2) is 18.2 Å².